The maximum atomic E-state index is 13.0. The Morgan fingerprint density at radius 2 is 0.527 bits per heavy atom. The minimum Gasteiger partial charge on any atom is -0.462 e. The lowest BCUT2D eigenvalue weighted by Gasteiger charge is -2.21. The van der Waals surface area contributed by atoms with Gasteiger partial charge in [0.05, 0.1) is 26.4 Å². The van der Waals surface area contributed by atoms with Crippen LogP contribution in [0.15, 0.2) is 0 Å². The number of ether oxygens (including phenoxy) is 4. The van der Waals surface area contributed by atoms with Crippen LogP contribution < -0.4 is 0 Å². The maximum absolute atomic E-state index is 13.0. The summed E-state index contributed by atoms with van der Waals surface area (Å²) in [5, 5.41) is 10.6. The molecule has 0 aliphatic rings. The van der Waals surface area contributed by atoms with Crippen molar-refractivity contribution in [2.24, 2.45) is 5.92 Å². The lowest BCUT2D eigenvalue weighted by molar-refractivity contribution is -0.161. The monoisotopic (exact) mass is 1340 g/mol. The van der Waals surface area contributed by atoms with Gasteiger partial charge >= 0.3 is 39.5 Å². The summed E-state index contributed by atoms with van der Waals surface area (Å²) in [7, 11) is -9.90. The van der Waals surface area contributed by atoms with E-state index in [1.165, 1.54) is 193 Å². The predicted octanol–water partition coefficient (Wildman–Crippen LogP) is 20.9. The Hall–Kier alpha value is -1.94. The summed E-state index contributed by atoms with van der Waals surface area (Å²) in [6.07, 6.45) is 52.8. The van der Waals surface area contributed by atoms with Crippen LogP contribution in [-0.4, -0.2) is 96.7 Å². The first-order valence-corrected chi connectivity index (χ1v) is 40.7. The zero-order valence-electron chi connectivity index (χ0n) is 59.0. The van der Waals surface area contributed by atoms with E-state index in [-0.39, 0.29) is 25.7 Å². The highest BCUT2D eigenvalue weighted by molar-refractivity contribution is 7.47. The van der Waals surface area contributed by atoms with Gasteiger partial charge in [0.15, 0.2) is 12.2 Å². The molecule has 0 spiro atoms. The fraction of sp³-hybridized carbons (Fsp3) is 0.944. The van der Waals surface area contributed by atoms with Crippen molar-refractivity contribution >= 4 is 39.5 Å². The topological polar surface area (TPSA) is 237 Å². The Kier molecular flexibility index (Phi) is 64.0. The minimum absolute atomic E-state index is 0.103. The molecule has 91 heavy (non-hydrogen) atoms. The third-order valence-corrected chi connectivity index (χ3v) is 19.0. The number of aliphatic hydroxyl groups excluding tert-OH is 1. The average Bonchev–Trinajstić information content (AvgIpc) is 3.74. The molecule has 3 N–H and O–H groups in total. The number of esters is 4. The highest BCUT2D eigenvalue weighted by Crippen LogP contribution is 2.45. The third kappa shape index (κ3) is 65.1. The number of carbonyl (C=O) groups is 4. The second kappa shape index (κ2) is 65.4. The molecule has 6 atom stereocenters. The molecular weight excluding hydrogens is 1200 g/mol. The minimum atomic E-state index is -4.95. The molecule has 3 unspecified atom stereocenters. The molecule has 0 rings (SSSR count). The summed E-state index contributed by atoms with van der Waals surface area (Å²) in [5.41, 5.74) is 0. The predicted molar refractivity (Wildman–Crippen MR) is 368 cm³/mol. The van der Waals surface area contributed by atoms with E-state index in [9.17, 15) is 43.2 Å². The second-order valence-corrected chi connectivity index (χ2v) is 29.1. The number of phosphoric ester groups is 2. The molecule has 0 heterocycles. The number of carbonyl (C=O) groups excluding carboxylic acids is 4. The van der Waals surface area contributed by atoms with Gasteiger partial charge in [0.2, 0.25) is 0 Å². The van der Waals surface area contributed by atoms with Gasteiger partial charge in [-0.05, 0) is 31.6 Å². The van der Waals surface area contributed by atoms with E-state index in [2.05, 4.69) is 34.6 Å². The van der Waals surface area contributed by atoms with Crippen molar-refractivity contribution in [2.75, 3.05) is 39.6 Å². The molecule has 0 bridgehead atoms. The zero-order chi connectivity index (χ0) is 67.0. The van der Waals surface area contributed by atoms with E-state index in [4.69, 9.17) is 37.0 Å². The lowest BCUT2D eigenvalue weighted by atomic mass is 10.00. The number of phosphoric acid groups is 2. The van der Waals surface area contributed by atoms with Crippen molar-refractivity contribution in [3.8, 4) is 0 Å². The van der Waals surface area contributed by atoms with Crippen LogP contribution in [0.5, 0.6) is 0 Å². The SMILES string of the molecule is CCCCCCCCCCCCCCCCCCCC(=O)O[C@H](COC(=O)CCCCCCCCCCCCCCCCCC)COP(=O)(O)OC[C@@H](O)COP(=O)(O)OC[C@@H](COC(=O)CCCCCCCCCC)OC(=O)CCCCCCCCC(C)CC. The molecule has 0 radical (unpaired) electrons. The summed E-state index contributed by atoms with van der Waals surface area (Å²) in [6.45, 7) is 7.19. The lowest BCUT2D eigenvalue weighted by Crippen LogP contribution is -2.30. The van der Waals surface area contributed by atoms with E-state index in [0.717, 1.165) is 102 Å². The van der Waals surface area contributed by atoms with Crippen molar-refractivity contribution in [3.63, 3.8) is 0 Å². The average molecular weight is 1340 g/mol. The zero-order valence-corrected chi connectivity index (χ0v) is 60.8. The van der Waals surface area contributed by atoms with Crippen LogP contribution in [0.1, 0.15) is 375 Å². The second-order valence-electron chi connectivity index (χ2n) is 26.2. The quantitative estimate of drug-likeness (QED) is 0.0222. The van der Waals surface area contributed by atoms with Gasteiger partial charge in [0, 0.05) is 25.7 Å². The van der Waals surface area contributed by atoms with Gasteiger partial charge in [-0.25, -0.2) is 9.13 Å². The fourth-order valence-electron chi connectivity index (χ4n) is 11.0. The highest BCUT2D eigenvalue weighted by Gasteiger charge is 2.30. The molecule has 0 aromatic carbocycles. The summed E-state index contributed by atoms with van der Waals surface area (Å²) >= 11 is 0. The Labute approximate surface area is 556 Å². The molecular formula is C72H140O17P2. The summed E-state index contributed by atoms with van der Waals surface area (Å²) in [4.78, 5) is 72.5. The number of unbranched alkanes of at least 4 members (excludes halogenated alkanes) is 43. The van der Waals surface area contributed by atoms with Crippen molar-refractivity contribution in [2.45, 2.75) is 393 Å². The molecule has 0 amide bonds. The normalized spacial score (nSPS) is 14.3. The molecule has 540 valence electrons. The van der Waals surface area contributed by atoms with Crippen molar-refractivity contribution in [1.82, 2.24) is 0 Å². The first kappa shape index (κ1) is 89.1. The third-order valence-electron chi connectivity index (χ3n) is 17.1. The van der Waals surface area contributed by atoms with E-state index in [0.29, 0.717) is 25.7 Å². The van der Waals surface area contributed by atoms with Gasteiger partial charge in [-0.3, -0.25) is 37.3 Å². The smallest absolute Gasteiger partial charge is 0.462 e. The van der Waals surface area contributed by atoms with Gasteiger partial charge in [-0.1, -0.05) is 324 Å². The van der Waals surface area contributed by atoms with Crippen LogP contribution in [0, 0.1) is 5.92 Å². The number of rotatable bonds is 72. The van der Waals surface area contributed by atoms with Crippen molar-refractivity contribution in [3.05, 3.63) is 0 Å². The van der Waals surface area contributed by atoms with Crippen molar-refractivity contribution in [1.29, 1.82) is 0 Å². The van der Waals surface area contributed by atoms with Crippen molar-refractivity contribution < 1.29 is 80.2 Å². The Morgan fingerprint density at radius 3 is 0.780 bits per heavy atom. The Morgan fingerprint density at radius 1 is 0.308 bits per heavy atom. The molecule has 0 aromatic heterocycles. The van der Waals surface area contributed by atoms with Gasteiger partial charge in [0.25, 0.3) is 0 Å². The van der Waals surface area contributed by atoms with E-state index in [1.54, 1.807) is 0 Å². The van der Waals surface area contributed by atoms with Crippen LogP contribution in [0.4, 0.5) is 0 Å². The molecule has 0 saturated heterocycles. The molecule has 0 aliphatic carbocycles. The van der Waals surface area contributed by atoms with Crippen LogP contribution in [0.3, 0.4) is 0 Å². The molecule has 0 aromatic rings. The van der Waals surface area contributed by atoms with E-state index >= 15 is 0 Å². The summed E-state index contributed by atoms with van der Waals surface area (Å²) < 4.78 is 68.3. The van der Waals surface area contributed by atoms with E-state index < -0.39 is 97.5 Å². The molecule has 0 saturated carbocycles. The van der Waals surface area contributed by atoms with E-state index in [1.807, 2.05) is 0 Å². The number of aliphatic hydroxyl groups is 1. The molecule has 19 heteroatoms. The summed E-state index contributed by atoms with van der Waals surface area (Å²) in [5.74, 6) is -1.40. The van der Waals surface area contributed by atoms with Gasteiger partial charge in [-0.15, -0.1) is 0 Å². The Bertz CT molecular complexity index is 1760. The fourth-order valence-corrected chi connectivity index (χ4v) is 12.5. The van der Waals surface area contributed by atoms with Gasteiger partial charge < -0.3 is 33.8 Å². The van der Waals surface area contributed by atoms with Crippen LogP contribution in [0.25, 0.3) is 0 Å². The molecule has 0 fully saturated rings. The number of hydrogen-bond donors (Lipinski definition) is 3. The molecule has 17 nitrogen and oxygen atoms in total. The van der Waals surface area contributed by atoms with Gasteiger partial charge in [0.1, 0.15) is 19.3 Å². The van der Waals surface area contributed by atoms with Crippen LogP contribution in [-0.2, 0) is 65.4 Å². The first-order valence-electron chi connectivity index (χ1n) is 37.7. The van der Waals surface area contributed by atoms with Gasteiger partial charge in [-0.2, -0.15) is 0 Å². The largest absolute Gasteiger partial charge is 0.472 e. The summed E-state index contributed by atoms with van der Waals surface area (Å²) in [6, 6.07) is 0. The van der Waals surface area contributed by atoms with Crippen LogP contribution in [0.2, 0.25) is 0 Å². The molecule has 0 aliphatic heterocycles. The van der Waals surface area contributed by atoms with Crippen LogP contribution >= 0.6 is 15.6 Å². The standard InChI is InChI=1S/C72H140O17P2/c1-6-10-13-16-19-22-24-26-28-30-32-34-36-38-41-47-52-57-71(76)88-67(61-83-70(75)56-51-46-40-37-35-33-31-29-27-25-23-20-17-14-11-7-2)63-86-90(78,79)84-59-66(73)60-85-91(80,81)87-64-68(62-82-69(74)55-50-45-39-21-18-15-12-8-3)89-72(77)58-53-48-43-42-44-49-54-65(5)9-4/h65-68,73H,6-64H2,1-5H3,(H,78,79)(H,80,81)/t65?,66-,67-,68-/m1/s1. The highest BCUT2D eigenvalue weighted by atomic mass is 31.2. The number of hydrogen-bond acceptors (Lipinski definition) is 15. The Balaban J connectivity index is 5.21. The first-order chi connectivity index (χ1) is 44.1. The maximum Gasteiger partial charge on any atom is 0.472 e.